The number of unbranched alkanes of at least 4 members (excludes halogenated alkanes) is 15. The second-order valence-electron chi connectivity index (χ2n) is 7.77. The van der Waals surface area contributed by atoms with Crippen molar-refractivity contribution in [2.45, 2.75) is 142 Å². The Morgan fingerprint density at radius 1 is 0.577 bits per heavy atom. The highest BCUT2D eigenvalue weighted by Gasteiger charge is 2.10. The lowest BCUT2D eigenvalue weighted by Gasteiger charge is -2.14. The predicted octanol–water partition coefficient (Wildman–Crippen LogP) is 7.82. The second-order valence-corrected chi connectivity index (χ2v) is 7.77. The van der Waals surface area contributed by atoms with E-state index in [9.17, 15) is 4.79 Å². The summed E-state index contributed by atoms with van der Waals surface area (Å²) in [6, 6.07) is 0. The number of hydrogen-bond donors (Lipinski definition) is 0. The van der Waals surface area contributed by atoms with E-state index in [2.05, 4.69) is 18.7 Å². The average molecular weight is 370 g/mol. The molecule has 1 unspecified atom stereocenters. The zero-order chi connectivity index (χ0) is 19.1. The van der Waals surface area contributed by atoms with Gasteiger partial charge in [0.1, 0.15) is 6.10 Å². The van der Waals surface area contributed by atoms with Gasteiger partial charge >= 0.3 is 6.47 Å². The standard InChI is InChI=1S/C23H45O3/c1-3-5-7-9-11-12-13-15-17-19-21-23(26-25-22-24)20-18-16-14-10-8-6-4-2/h23H,3-21H2,1-2H3. The Kier molecular flexibility index (Phi) is 22.0. The Morgan fingerprint density at radius 2 is 0.923 bits per heavy atom. The van der Waals surface area contributed by atoms with Crippen LogP contribution in [0, 0.1) is 0 Å². The summed E-state index contributed by atoms with van der Waals surface area (Å²) in [5, 5.41) is 0. The van der Waals surface area contributed by atoms with E-state index in [1.807, 2.05) is 0 Å². The van der Waals surface area contributed by atoms with Crippen LogP contribution in [0.25, 0.3) is 0 Å². The van der Waals surface area contributed by atoms with Crippen LogP contribution >= 0.6 is 0 Å². The first-order valence-electron chi connectivity index (χ1n) is 11.5. The zero-order valence-corrected chi connectivity index (χ0v) is 17.7. The van der Waals surface area contributed by atoms with Crippen molar-refractivity contribution in [3.8, 4) is 0 Å². The fourth-order valence-corrected chi connectivity index (χ4v) is 3.52. The van der Waals surface area contributed by atoms with E-state index in [4.69, 9.17) is 4.89 Å². The summed E-state index contributed by atoms with van der Waals surface area (Å²) in [6.07, 6.45) is 24.5. The van der Waals surface area contributed by atoms with E-state index in [-0.39, 0.29) is 6.10 Å². The van der Waals surface area contributed by atoms with Crippen LogP contribution in [0.5, 0.6) is 0 Å². The third-order valence-corrected chi connectivity index (χ3v) is 5.23. The lowest BCUT2D eigenvalue weighted by molar-refractivity contribution is -0.262. The molecule has 0 aromatic rings. The predicted molar refractivity (Wildman–Crippen MR) is 111 cm³/mol. The van der Waals surface area contributed by atoms with Crippen LogP contribution in [0.2, 0.25) is 0 Å². The summed E-state index contributed by atoms with van der Waals surface area (Å²) in [6.45, 7) is 5.91. The molecule has 0 N–H and O–H groups in total. The van der Waals surface area contributed by atoms with Crippen molar-refractivity contribution in [1.29, 1.82) is 0 Å². The molecule has 0 heterocycles. The molecule has 0 aliphatic rings. The zero-order valence-electron chi connectivity index (χ0n) is 17.7. The SMILES string of the molecule is CCCCCCCCCCCCC(CCCCCCCCC)OO[C]=O. The molecule has 0 bridgehead atoms. The van der Waals surface area contributed by atoms with Crippen molar-refractivity contribution in [2.24, 2.45) is 0 Å². The van der Waals surface area contributed by atoms with Gasteiger partial charge in [0.05, 0.1) is 0 Å². The van der Waals surface area contributed by atoms with Gasteiger partial charge in [0, 0.05) is 0 Å². The van der Waals surface area contributed by atoms with Crippen molar-refractivity contribution in [2.75, 3.05) is 0 Å². The van der Waals surface area contributed by atoms with Crippen molar-refractivity contribution >= 4 is 6.47 Å². The smallest absolute Gasteiger partial charge is 0.285 e. The molecule has 0 saturated carbocycles. The molecule has 0 saturated heterocycles. The van der Waals surface area contributed by atoms with E-state index < -0.39 is 0 Å². The maximum Gasteiger partial charge on any atom is 0.453 e. The topological polar surface area (TPSA) is 35.5 Å². The van der Waals surface area contributed by atoms with Crippen LogP contribution in [0.1, 0.15) is 136 Å². The molecule has 0 fully saturated rings. The highest BCUT2D eigenvalue weighted by atomic mass is 17.2. The van der Waals surface area contributed by atoms with Crippen LogP contribution in [-0.2, 0) is 14.6 Å². The molecule has 3 nitrogen and oxygen atoms in total. The largest absolute Gasteiger partial charge is 0.453 e. The van der Waals surface area contributed by atoms with Gasteiger partial charge in [-0.25, -0.2) is 4.79 Å². The van der Waals surface area contributed by atoms with Crippen molar-refractivity contribution in [3.63, 3.8) is 0 Å². The Hall–Kier alpha value is -0.570. The van der Waals surface area contributed by atoms with Gasteiger partial charge in [0.15, 0.2) is 0 Å². The lowest BCUT2D eigenvalue weighted by Crippen LogP contribution is -2.13. The van der Waals surface area contributed by atoms with Gasteiger partial charge < -0.3 is 0 Å². The van der Waals surface area contributed by atoms with Gasteiger partial charge in [-0.05, 0) is 12.8 Å². The average Bonchev–Trinajstić information content (AvgIpc) is 2.66. The van der Waals surface area contributed by atoms with Gasteiger partial charge in [0.25, 0.3) is 0 Å². The van der Waals surface area contributed by atoms with E-state index in [0.717, 1.165) is 19.3 Å². The maximum absolute atomic E-state index is 10.3. The van der Waals surface area contributed by atoms with Gasteiger partial charge in [-0.2, -0.15) is 4.89 Å². The third-order valence-electron chi connectivity index (χ3n) is 5.23. The first kappa shape index (κ1) is 25.4. The molecule has 3 heteroatoms. The molecule has 1 radical (unpaired) electrons. The molecular formula is C23H45O3. The lowest BCUT2D eigenvalue weighted by atomic mass is 10.0. The fourth-order valence-electron chi connectivity index (χ4n) is 3.52. The second kappa shape index (κ2) is 22.5. The summed E-state index contributed by atoms with van der Waals surface area (Å²) >= 11 is 0. The maximum atomic E-state index is 10.3. The molecular weight excluding hydrogens is 324 g/mol. The molecule has 26 heavy (non-hydrogen) atoms. The number of hydrogen-bond acceptors (Lipinski definition) is 3. The van der Waals surface area contributed by atoms with Gasteiger partial charge in [-0.3, -0.25) is 4.89 Å². The molecule has 0 aromatic carbocycles. The van der Waals surface area contributed by atoms with Crippen LogP contribution in [0.3, 0.4) is 0 Å². The van der Waals surface area contributed by atoms with E-state index in [1.165, 1.54) is 109 Å². The molecule has 0 spiro atoms. The Bertz CT molecular complexity index is 268. The minimum atomic E-state index is 0.0566. The quantitative estimate of drug-likeness (QED) is 0.111. The summed E-state index contributed by atoms with van der Waals surface area (Å²) in [4.78, 5) is 19.9. The third kappa shape index (κ3) is 19.8. The monoisotopic (exact) mass is 369 g/mol. The highest BCUT2D eigenvalue weighted by molar-refractivity contribution is 5.36. The molecule has 1 atom stereocenters. The fraction of sp³-hybridized carbons (Fsp3) is 0.957. The number of carbonyl (C=O) groups excluding carboxylic acids is 1. The normalized spacial score (nSPS) is 12.2. The molecule has 0 rings (SSSR count). The van der Waals surface area contributed by atoms with Crippen LogP contribution in [-0.4, -0.2) is 12.6 Å². The van der Waals surface area contributed by atoms with Crippen molar-refractivity contribution in [1.82, 2.24) is 0 Å². The molecule has 155 valence electrons. The van der Waals surface area contributed by atoms with Crippen molar-refractivity contribution in [3.05, 3.63) is 0 Å². The van der Waals surface area contributed by atoms with Gasteiger partial charge in [-0.1, -0.05) is 123 Å². The van der Waals surface area contributed by atoms with E-state index in [0.29, 0.717) is 0 Å². The summed E-state index contributed by atoms with van der Waals surface area (Å²) in [5.41, 5.74) is 0. The minimum Gasteiger partial charge on any atom is -0.285 e. The summed E-state index contributed by atoms with van der Waals surface area (Å²) in [5.74, 6) is 0. The van der Waals surface area contributed by atoms with Gasteiger partial charge in [-0.15, -0.1) is 0 Å². The van der Waals surface area contributed by atoms with Crippen LogP contribution in [0.4, 0.5) is 0 Å². The Balaban J connectivity index is 3.53. The number of rotatable bonds is 22. The van der Waals surface area contributed by atoms with E-state index >= 15 is 0 Å². The molecule has 0 aliphatic carbocycles. The first-order chi connectivity index (χ1) is 12.8. The Labute approximate surface area is 163 Å². The van der Waals surface area contributed by atoms with Crippen LogP contribution < -0.4 is 0 Å². The summed E-state index contributed by atoms with van der Waals surface area (Å²) < 4.78 is 0. The highest BCUT2D eigenvalue weighted by Crippen LogP contribution is 2.17. The first-order valence-corrected chi connectivity index (χ1v) is 11.5. The Morgan fingerprint density at radius 3 is 1.27 bits per heavy atom. The molecule has 0 aliphatic heterocycles. The summed E-state index contributed by atoms with van der Waals surface area (Å²) in [7, 11) is 0. The minimum absolute atomic E-state index is 0.0566. The molecule has 0 amide bonds. The van der Waals surface area contributed by atoms with Gasteiger partial charge in [0.2, 0.25) is 0 Å². The molecule has 0 aromatic heterocycles. The van der Waals surface area contributed by atoms with Crippen molar-refractivity contribution < 1.29 is 14.6 Å². The van der Waals surface area contributed by atoms with E-state index in [1.54, 1.807) is 0 Å². The van der Waals surface area contributed by atoms with Crippen LogP contribution in [0.15, 0.2) is 0 Å².